The van der Waals surface area contributed by atoms with Crippen molar-refractivity contribution in [3.8, 4) is 0 Å². The second kappa shape index (κ2) is 11.6. The Morgan fingerprint density at radius 3 is 0.941 bits per heavy atom. The second-order valence-electron chi connectivity index (χ2n) is 9.47. The molecule has 4 heteroatoms. The van der Waals surface area contributed by atoms with Gasteiger partial charge in [-0.15, -0.1) is 0 Å². The fraction of sp³-hybridized carbons (Fsp3) is 0.267. The summed E-state index contributed by atoms with van der Waals surface area (Å²) in [5.41, 5.74) is 11.6. The topological polar surface area (TPSA) is 0 Å². The molecule has 0 amide bonds. The Balaban J connectivity index is 0.00000193. The first-order chi connectivity index (χ1) is 14.6. The molecule has 3 aromatic rings. The maximum Gasteiger partial charge on any atom is -1.00 e. The molecule has 3 aromatic carbocycles. The molecular formula is C30H31Cl3Ti. The van der Waals surface area contributed by atoms with Gasteiger partial charge in [0.2, 0.25) is 0 Å². The molecular weight excluding hydrogens is 515 g/mol. The molecule has 4 rings (SSSR count). The van der Waals surface area contributed by atoms with Crippen LogP contribution in [0.1, 0.15) is 50.1 Å². The quantitative estimate of drug-likeness (QED) is 0.283. The largest absolute Gasteiger partial charge is 1.00 e. The molecule has 34 heavy (non-hydrogen) atoms. The zero-order chi connectivity index (χ0) is 22.4. The number of hydrogen-bond acceptors (Lipinski definition) is 0. The number of allylic oxidation sites excluding steroid dienone is 4. The summed E-state index contributed by atoms with van der Waals surface area (Å²) in [6.45, 7) is 13.3. The van der Waals surface area contributed by atoms with E-state index in [1.54, 1.807) is 0 Å². The van der Waals surface area contributed by atoms with Crippen LogP contribution < -0.4 is 37.2 Å². The molecule has 0 unspecified atom stereocenters. The fourth-order valence-electron chi connectivity index (χ4n) is 5.51. The van der Waals surface area contributed by atoms with E-state index in [9.17, 15) is 0 Å². The van der Waals surface area contributed by atoms with E-state index in [2.05, 4.69) is 141 Å². The molecule has 0 radical (unpaired) electrons. The SMILES string of the molecule is Cc1cc(C)cc(C(c2cc(C)cc(C)c2)(c2cc(C)cc(C)c2)[C]2([Ti+3])C=CC=C2)c1.[Cl-].[Cl-].[Cl-]. The molecule has 0 nitrogen and oxygen atoms in total. The number of halogens is 3. The van der Waals surface area contributed by atoms with Gasteiger partial charge in [-0.2, -0.15) is 0 Å². The van der Waals surface area contributed by atoms with Crippen LogP contribution in [0.2, 0.25) is 3.72 Å². The van der Waals surface area contributed by atoms with Crippen LogP contribution in [0.25, 0.3) is 0 Å². The Bertz CT molecular complexity index is 1030. The summed E-state index contributed by atoms with van der Waals surface area (Å²) in [6.07, 6.45) is 9.20. The van der Waals surface area contributed by atoms with Crippen LogP contribution in [-0.4, -0.2) is 0 Å². The van der Waals surface area contributed by atoms with Crippen LogP contribution in [0.5, 0.6) is 0 Å². The Morgan fingerprint density at radius 1 is 0.471 bits per heavy atom. The Hall–Kier alpha value is -1.28. The predicted molar refractivity (Wildman–Crippen MR) is 129 cm³/mol. The summed E-state index contributed by atoms with van der Waals surface area (Å²) >= 11 is 2.39. The van der Waals surface area contributed by atoms with Gasteiger partial charge in [0.05, 0.1) is 0 Å². The minimum absolute atomic E-state index is 0. The Morgan fingerprint density at radius 2 is 0.706 bits per heavy atom. The van der Waals surface area contributed by atoms with Crippen molar-refractivity contribution in [3.05, 3.63) is 129 Å². The van der Waals surface area contributed by atoms with Crippen molar-refractivity contribution < 1.29 is 57.7 Å². The molecule has 0 aromatic heterocycles. The van der Waals surface area contributed by atoms with E-state index in [1.807, 2.05) is 0 Å². The van der Waals surface area contributed by atoms with Crippen molar-refractivity contribution in [1.29, 1.82) is 0 Å². The van der Waals surface area contributed by atoms with Crippen LogP contribution in [0, 0.1) is 41.5 Å². The van der Waals surface area contributed by atoms with Crippen molar-refractivity contribution in [3.63, 3.8) is 0 Å². The third kappa shape index (κ3) is 5.43. The second-order valence-corrected chi connectivity index (χ2v) is 10.8. The molecule has 0 saturated heterocycles. The molecule has 0 atom stereocenters. The number of hydrogen-bond donors (Lipinski definition) is 0. The molecule has 0 bridgehead atoms. The first-order valence-corrected chi connectivity index (χ1v) is 11.8. The van der Waals surface area contributed by atoms with Gasteiger partial charge in [0.1, 0.15) is 0 Å². The van der Waals surface area contributed by atoms with Gasteiger partial charge in [-0.1, -0.05) is 0 Å². The van der Waals surface area contributed by atoms with E-state index in [0.29, 0.717) is 0 Å². The number of benzene rings is 3. The molecule has 0 heterocycles. The average Bonchev–Trinajstić information content (AvgIpc) is 3.07. The minimum Gasteiger partial charge on any atom is -1.00 e. The number of rotatable bonds is 4. The van der Waals surface area contributed by atoms with Gasteiger partial charge in [-0.3, -0.25) is 0 Å². The molecule has 0 N–H and O–H groups in total. The first-order valence-electron chi connectivity index (χ1n) is 11.0. The average molecular weight is 546 g/mol. The Kier molecular flexibility index (Phi) is 10.5. The molecule has 0 fully saturated rings. The molecule has 176 valence electrons. The van der Waals surface area contributed by atoms with E-state index in [0.717, 1.165) is 0 Å². The first kappa shape index (κ1) is 30.8. The third-order valence-corrected chi connectivity index (χ3v) is 7.52. The summed E-state index contributed by atoms with van der Waals surface area (Å²) < 4.78 is -0.187. The summed E-state index contributed by atoms with van der Waals surface area (Å²) in [5.74, 6) is 0. The van der Waals surface area contributed by atoms with Gasteiger partial charge in [0.15, 0.2) is 0 Å². The normalized spacial score (nSPS) is 13.6. The van der Waals surface area contributed by atoms with E-state index in [-0.39, 0.29) is 46.4 Å². The van der Waals surface area contributed by atoms with Crippen LogP contribution in [-0.2, 0) is 25.9 Å². The number of aryl methyl sites for hydroxylation is 6. The van der Waals surface area contributed by atoms with Gasteiger partial charge in [-0.25, -0.2) is 0 Å². The van der Waals surface area contributed by atoms with Gasteiger partial charge < -0.3 is 37.2 Å². The molecule has 1 aliphatic rings. The predicted octanol–water partition coefficient (Wildman–Crippen LogP) is -1.28. The summed E-state index contributed by atoms with van der Waals surface area (Å²) in [4.78, 5) is 0. The van der Waals surface area contributed by atoms with Gasteiger partial charge >= 0.3 is 200 Å². The molecule has 1 aliphatic carbocycles. The van der Waals surface area contributed by atoms with Crippen molar-refractivity contribution in [2.24, 2.45) is 0 Å². The fourth-order valence-corrected chi connectivity index (χ4v) is 6.49. The minimum atomic E-state index is -0.332. The van der Waals surface area contributed by atoms with Crippen molar-refractivity contribution in [2.75, 3.05) is 0 Å². The smallest absolute Gasteiger partial charge is 1.00 e. The van der Waals surface area contributed by atoms with Crippen molar-refractivity contribution >= 4 is 0 Å². The van der Waals surface area contributed by atoms with Gasteiger partial charge in [0, 0.05) is 0 Å². The summed E-state index contributed by atoms with van der Waals surface area (Å²) in [6, 6.07) is 21.2. The van der Waals surface area contributed by atoms with Crippen LogP contribution in [0.4, 0.5) is 0 Å². The van der Waals surface area contributed by atoms with Crippen LogP contribution >= 0.6 is 0 Å². The van der Waals surface area contributed by atoms with Crippen molar-refractivity contribution in [2.45, 2.75) is 50.7 Å². The van der Waals surface area contributed by atoms with E-state index in [4.69, 9.17) is 0 Å². The van der Waals surface area contributed by atoms with Gasteiger partial charge in [0.25, 0.3) is 0 Å². The third-order valence-electron chi connectivity index (χ3n) is 6.41. The van der Waals surface area contributed by atoms with Crippen LogP contribution in [0.15, 0.2) is 78.9 Å². The van der Waals surface area contributed by atoms with Crippen LogP contribution in [0.3, 0.4) is 0 Å². The maximum atomic E-state index is 2.40. The molecule has 0 spiro atoms. The van der Waals surface area contributed by atoms with E-state index < -0.39 is 0 Å². The zero-order valence-electron chi connectivity index (χ0n) is 20.6. The van der Waals surface area contributed by atoms with E-state index in [1.165, 1.54) is 50.1 Å². The summed E-state index contributed by atoms with van der Waals surface area (Å²) in [7, 11) is 0. The molecule has 0 aliphatic heterocycles. The monoisotopic (exact) mass is 544 g/mol. The standard InChI is InChI=1S/C30H31.3ClH.Ti/c1-20-11-21(2)15-27(14-20)30(26-9-7-8-10-26,28-16-22(3)12-23(4)17-28)29-18-24(5)13-25(6)19-29;;;;/h7-19H,1-6H3;3*1H;/q;;;;+3/p-3. The van der Waals surface area contributed by atoms with E-state index >= 15 is 0 Å². The zero-order valence-corrected chi connectivity index (χ0v) is 24.5. The van der Waals surface area contributed by atoms with Gasteiger partial charge in [-0.05, 0) is 0 Å². The summed E-state index contributed by atoms with van der Waals surface area (Å²) in [5, 5.41) is 0. The van der Waals surface area contributed by atoms with Crippen molar-refractivity contribution in [1.82, 2.24) is 0 Å². The Labute approximate surface area is 236 Å². The maximum absolute atomic E-state index is 2.40. The molecule has 0 saturated carbocycles.